The zero-order valence-corrected chi connectivity index (χ0v) is 15.8. The summed E-state index contributed by atoms with van der Waals surface area (Å²) in [5, 5.41) is 14.7. The van der Waals surface area contributed by atoms with Gasteiger partial charge in [-0.25, -0.2) is 15.0 Å². The normalized spacial score (nSPS) is 16.5. The number of hydrogen-bond donors (Lipinski definition) is 1. The van der Waals surface area contributed by atoms with Crippen LogP contribution in [-0.4, -0.2) is 45.5 Å². The standard InChI is InChI=1S/C18H22N6O4/c1-3-28-18(25)13-5-4-8-23(10-13)17-15(24(26)27)16(20-11-21-17)22-14-7-6-12(2)9-19-14/h6-7,9,11,13H,3-5,8,10H2,1-2H3,(H,19,20,21,22). The van der Waals surface area contributed by atoms with E-state index < -0.39 is 4.92 Å². The minimum absolute atomic E-state index is 0.0598. The smallest absolute Gasteiger partial charge is 0.353 e. The summed E-state index contributed by atoms with van der Waals surface area (Å²) < 4.78 is 5.10. The first kappa shape index (κ1) is 19.5. The molecule has 0 amide bonds. The Balaban J connectivity index is 1.89. The zero-order chi connectivity index (χ0) is 20.1. The van der Waals surface area contributed by atoms with Crippen molar-refractivity contribution >= 4 is 29.1 Å². The van der Waals surface area contributed by atoms with E-state index in [-0.39, 0.29) is 29.2 Å². The van der Waals surface area contributed by atoms with Gasteiger partial charge in [0.05, 0.1) is 17.4 Å². The molecule has 0 radical (unpaired) electrons. The molecule has 0 saturated carbocycles. The maximum Gasteiger partial charge on any atom is 0.353 e. The van der Waals surface area contributed by atoms with E-state index in [1.54, 1.807) is 24.1 Å². The molecule has 1 aliphatic heterocycles. The maximum absolute atomic E-state index is 12.1. The summed E-state index contributed by atoms with van der Waals surface area (Å²) >= 11 is 0. The third kappa shape index (κ3) is 4.33. The Bertz CT molecular complexity index is 858. The quantitative estimate of drug-likeness (QED) is 0.453. The number of nitrogens with zero attached hydrogens (tertiary/aromatic N) is 5. The number of carbonyl (C=O) groups excluding carboxylic acids is 1. The van der Waals surface area contributed by atoms with E-state index in [1.165, 1.54) is 6.33 Å². The number of pyridine rings is 1. The average molecular weight is 386 g/mol. The van der Waals surface area contributed by atoms with Crippen molar-refractivity contribution in [1.82, 2.24) is 15.0 Å². The Morgan fingerprint density at radius 2 is 2.21 bits per heavy atom. The summed E-state index contributed by atoms with van der Waals surface area (Å²) in [7, 11) is 0. The molecule has 148 valence electrons. The Hall–Kier alpha value is -3.30. The van der Waals surface area contributed by atoms with Crippen molar-refractivity contribution in [2.45, 2.75) is 26.7 Å². The largest absolute Gasteiger partial charge is 0.466 e. The predicted octanol–water partition coefficient (Wildman–Crippen LogP) is 2.61. The Labute approximate surface area is 162 Å². The first-order chi connectivity index (χ1) is 13.5. The second kappa shape index (κ2) is 8.59. The van der Waals surface area contributed by atoms with Gasteiger partial charge in [0.2, 0.25) is 11.6 Å². The van der Waals surface area contributed by atoms with Gasteiger partial charge in [0.15, 0.2) is 0 Å². The predicted molar refractivity (Wildman–Crippen MR) is 103 cm³/mol. The monoisotopic (exact) mass is 386 g/mol. The summed E-state index contributed by atoms with van der Waals surface area (Å²) in [4.78, 5) is 37.5. The van der Waals surface area contributed by atoms with E-state index >= 15 is 0 Å². The number of hydrogen-bond acceptors (Lipinski definition) is 9. The van der Waals surface area contributed by atoms with Crippen LogP contribution in [0.5, 0.6) is 0 Å². The van der Waals surface area contributed by atoms with Gasteiger partial charge in [-0.2, -0.15) is 0 Å². The summed E-state index contributed by atoms with van der Waals surface area (Å²) in [6.07, 6.45) is 4.33. The lowest BCUT2D eigenvalue weighted by Crippen LogP contribution is -2.40. The summed E-state index contributed by atoms with van der Waals surface area (Å²) in [6, 6.07) is 3.57. The number of nitrogens with one attached hydrogen (secondary N) is 1. The van der Waals surface area contributed by atoms with E-state index in [9.17, 15) is 14.9 Å². The molecule has 10 heteroatoms. The van der Waals surface area contributed by atoms with E-state index in [0.29, 0.717) is 38.4 Å². The molecule has 2 aromatic rings. The van der Waals surface area contributed by atoms with Gasteiger partial charge in [-0.1, -0.05) is 6.07 Å². The molecule has 2 aromatic heterocycles. The first-order valence-electron chi connectivity index (χ1n) is 9.10. The molecule has 1 saturated heterocycles. The van der Waals surface area contributed by atoms with Crippen LogP contribution < -0.4 is 10.2 Å². The highest BCUT2D eigenvalue weighted by atomic mass is 16.6. The summed E-state index contributed by atoms with van der Waals surface area (Å²) in [6.45, 7) is 4.85. The lowest BCUT2D eigenvalue weighted by molar-refractivity contribution is -0.383. The Morgan fingerprint density at radius 1 is 1.39 bits per heavy atom. The Kier molecular flexibility index (Phi) is 5.97. The number of esters is 1. The minimum Gasteiger partial charge on any atom is -0.466 e. The SMILES string of the molecule is CCOC(=O)C1CCCN(c2ncnc(Nc3ccc(C)cn3)c2[N+](=O)[O-])C1. The van der Waals surface area contributed by atoms with Crippen LogP contribution in [0.25, 0.3) is 0 Å². The molecule has 0 aromatic carbocycles. The van der Waals surface area contributed by atoms with Gasteiger partial charge in [0, 0.05) is 19.3 Å². The lowest BCUT2D eigenvalue weighted by atomic mass is 9.98. The molecule has 0 aliphatic carbocycles. The van der Waals surface area contributed by atoms with Gasteiger partial charge >= 0.3 is 11.7 Å². The van der Waals surface area contributed by atoms with Gasteiger partial charge in [0.1, 0.15) is 12.1 Å². The number of aromatic nitrogens is 3. The van der Waals surface area contributed by atoms with Gasteiger partial charge in [0.25, 0.3) is 0 Å². The van der Waals surface area contributed by atoms with Crippen LogP contribution in [0, 0.1) is 23.0 Å². The third-order valence-electron chi connectivity index (χ3n) is 4.48. The fraction of sp³-hybridized carbons (Fsp3) is 0.444. The summed E-state index contributed by atoms with van der Waals surface area (Å²) in [5.74, 6) is 0.0687. The van der Waals surface area contributed by atoms with Gasteiger partial charge in [-0.3, -0.25) is 14.9 Å². The number of rotatable bonds is 6. The molecule has 3 rings (SSSR count). The van der Waals surface area contributed by atoms with Crippen molar-refractivity contribution < 1.29 is 14.5 Å². The van der Waals surface area contributed by atoms with Crippen LogP contribution in [0.3, 0.4) is 0 Å². The highest BCUT2D eigenvalue weighted by Gasteiger charge is 2.33. The molecule has 1 aliphatic rings. The number of carbonyl (C=O) groups is 1. The fourth-order valence-corrected chi connectivity index (χ4v) is 3.15. The topological polar surface area (TPSA) is 123 Å². The first-order valence-corrected chi connectivity index (χ1v) is 9.10. The van der Waals surface area contributed by atoms with Crippen molar-refractivity contribution in [2.75, 3.05) is 29.9 Å². The molecule has 0 spiro atoms. The molecular formula is C18H22N6O4. The molecule has 1 unspecified atom stereocenters. The second-order valence-corrected chi connectivity index (χ2v) is 6.53. The van der Waals surface area contributed by atoms with Crippen LogP contribution in [0.15, 0.2) is 24.7 Å². The number of nitro groups is 1. The van der Waals surface area contributed by atoms with Crippen LogP contribution in [0.1, 0.15) is 25.3 Å². The van der Waals surface area contributed by atoms with Crippen molar-refractivity contribution in [3.63, 3.8) is 0 Å². The van der Waals surface area contributed by atoms with Crippen molar-refractivity contribution in [1.29, 1.82) is 0 Å². The fourth-order valence-electron chi connectivity index (χ4n) is 3.15. The molecule has 3 heterocycles. The molecule has 1 N–H and O–H groups in total. The highest BCUT2D eigenvalue weighted by molar-refractivity contribution is 5.76. The van der Waals surface area contributed by atoms with Gasteiger partial charge in [-0.15, -0.1) is 0 Å². The number of aryl methyl sites for hydroxylation is 1. The second-order valence-electron chi connectivity index (χ2n) is 6.53. The van der Waals surface area contributed by atoms with Gasteiger partial charge in [-0.05, 0) is 38.3 Å². The van der Waals surface area contributed by atoms with Crippen LogP contribution in [0.2, 0.25) is 0 Å². The van der Waals surface area contributed by atoms with E-state index in [4.69, 9.17) is 4.74 Å². The molecule has 0 bridgehead atoms. The van der Waals surface area contributed by atoms with E-state index in [1.807, 2.05) is 13.0 Å². The van der Waals surface area contributed by atoms with Crippen molar-refractivity contribution in [3.05, 3.63) is 40.3 Å². The highest BCUT2D eigenvalue weighted by Crippen LogP contribution is 2.35. The van der Waals surface area contributed by atoms with E-state index in [2.05, 4.69) is 20.3 Å². The van der Waals surface area contributed by atoms with Gasteiger partial charge < -0.3 is 15.0 Å². The third-order valence-corrected chi connectivity index (χ3v) is 4.48. The number of anilines is 3. The number of piperidine rings is 1. The van der Waals surface area contributed by atoms with E-state index in [0.717, 1.165) is 5.56 Å². The van der Waals surface area contributed by atoms with Crippen LogP contribution >= 0.6 is 0 Å². The molecular weight excluding hydrogens is 364 g/mol. The van der Waals surface area contributed by atoms with Crippen molar-refractivity contribution in [3.8, 4) is 0 Å². The lowest BCUT2D eigenvalue weighted by Gasteiger charge is -2.32. The van der Waals surface area contributed by atoms with Crippen LogP contribution in [0.4, 0.5) is 23.1 Å². The minimum atomic E-state index is -0.514. The van der Waals surface area contributed by atoms with Crippen LogP contribution in [-0.2, 0) is 9.53 Å². The average Bonchev–Trinajstić information content (AvgIpc) is 2.69. The maximum atomic E-state index is 12.1. The Morgan fingerprint density at radius 3 is 2.89 bits per heavy atom. The molecule has 28 heavy (non-hydrogen) atoms. The summed E-state index contributed by atoms with van der Waals surface area (Å²) in [5.41, 5.74) is 0.733. The molecule has 1 fully saturated rings. The zero-order valence-electron chi connectivity index (χ0n) is 15.8. The van der Waals surface area contributed by atoms with Crippen molar-refractivity contribution in [2.24, 2.45) is 5.92 Å². The molecule has 10 nitrogen and oxygen atoms in total. The number of ether oxygens (including phenoxy) is 1. The molecule has 1 atom stereocenters.